The van der Waals surface area contributed by atoms with Gasteiger partial charge in [-0.2, -0.15) is 5.10 Å². The molecule has 23 heavy (non-hydrogen) atoms. The third kappa shape index (κ3) is 3.94. The van der Waals surface area contributed by atoms with Gasteiger partial charge in [-0.15, -0.1) is 0 Å². The minimum Gasteiger partial charge on any atom is -0.481 e. The van der Waals surface area contributed by atoms with Crippen molar-refractivity contribution >= 4 is 11.9 Å². The van der Waals surface area contributed by atoms with Crippen LogP contribution in [0.2, 0.25) is 0 Å². The molecular weight excluding hydrogens is 296 g/mol. The van der Waals surface area contributed by atoms with Crippen molar-refractivity contribution in [3.8, 4) is 5.82 Å². The molecule has 0 fully saturated rings. The largest absolute Gasteiger partial charge is 0.481 e. The van der Waals surface area contributed by atoms with Crippen LogP contribution in [-0.4, -0.2) is 49.7 Å². The second-order valence-electron chi connectivity index (χ2n) is 5.27. The van der Waals surface area contributed by atoms with Gasteiger partial charge in [-0.25, -0.2) is 9.67 Å². The maximum atomic E-state index is 12.4. The molecule has 2 aromatic rings. The molecule has 0 spiro atoms. The Kier molecular flexibility index (Phi) is 5.10. The average Bonchev–Trinajstić information content (AvgIpc) is 2.86. The van der Waals surface area contributed by atoms with Gasteiger partial charge in [0.05, 0.1) is 17.7 Å². The topological polar surface area (TPSA) is 88.3 Å². The zero-order valence-corrected chi connectivity index (χ0v) is 13.5. The molecule has 0 bridgehead atoms. The van der Waals surface area contributed by atoms with Crippen molar-refractivity contribution in [2.75, 3.05) is 13.1 Å². The summed E-state index contributed by atoms with van der Waals surface area (Å²) in [5, 5.41) is 13.1. The highest BCUT2D eigenvalue weighted by atomic mass is 16.4. The maximum Gasteiger partial charge on any atom is 0.305 e. The fourth-order valence-electron chi connectivity index (χ4n) is 2.32. The quantitative estimate of drug-likeness (QED) is 0.878. The molecule has 0 aliphatic rings. The number of aliphatic carboxylic acids is 1. The summed E-state index contributed by atoms with van der Waals surface area (Å²) in [6.07, 6.45) is 1.42. The number of carboxylic acid groups (broad SMARTS) is 1. The number of hydrogen-bond donors (Lipinski definition) is 1. The molecule has 0 radical (unpaired) electrons. The van der Waals surface area contributed by atoms with Gasteiger partial charge in [-0.1, -0.05) is 0 Å². The SMILES string of the molecule is CCN(CCC(=O)O)C(=O)c1ccc(-n2nc(C)cc2C)nc1. The Hall–Kier alpha value is -2.70. The zero-order valence-electron chi connectivity index (χ0n) is 13.5. The van der Waals surface area contributed by atoms with Crippen LogP contribution in [0.25, 0.3) is 5.82 Å². The fourth-order valence-corrected chi connectivity index (χ4v) is 2.32. The van der Waals surface area contributed by atoms with Gasteiger partial charge in [-0.05, 0) is 39.0 Å². The van der Waals surface area contributed by atoms with Gasteiger partial charge in [0.2, 0.25) is 0 Å². The van der Waals surface area contributed by atoms with Crippen molar-refractivity contribution in [3.63, 3.8) is 0 Å². The van der Waals surface area contributed by atoms with Crippen molar-refractivity contribution in [3.05, 3.63) is 41.3 Å². The molecule has 0 aromatic carbocycles. The van der Waals surface area contributed by atoms with Crippen molar-refractivity contribution in [2.24, 2.45) is 0 Å². The average molecular weight is 316 g/mol. The van der Waals surface area contributed by atoms with E-state index < -0.39 is 5.97 Å². The van der Waals surface area contributed by atoms with Crippen LogP contribution in [0, 0.1) is 13.8 Å². The molecule has 1 amide bonds. The van der Waals surface area contributed by atoms with Crippen LogP contribution in [0.4, 0.5) is 0 Å². The monoisotopic (exact) mass is 316 g/mol. The molecule has 0 unspecified atom stereocenters. The lowest BCUT2D eigenvalue weighted by atomic mass is 10.2. The first-order valence-electron chi connectivity index (χ1n) is 7.43. The summed E-state index contributed by atoms with van der Waals surface area (Å²) in [5.74, 6) is -0.504. The molecule has 0 atom stereocenters. The van der Waals surface area contributed by atoms with Gasteiger partial charge in [-0.3, -0.25) is 9.59 Å². The molecule has 2 heterocycles. The first-order valence-corrected chi connectivity index (χ1v) is 7.43. The normalized spacial score (nSPS) is 10.6. The fraction of sp³-hybridized carbons (Fsp3) is 0.375. The highest BCUT2D eigenvalue weighted by molar-refractivity contribution is 5.94. The predicted octanol–water partition coefficient (Wildman–Crippen LogP) is 1.82. The summed E-state index contributed by atoms with van der Waals surface area (Å²) < 4.78 is 1.71. The molecule has 0 aliphatic carbocycles. The van der Waals surface area contributed by atoms with Gasteiger partial charge in [0.1, 0.15) is 0 Å². The number of carbonyl (C=O) groups excluding carboxylic acids is 1. The van der Waals surface area contributed by atoms with E-state index in [1.807, 2.05) is 26.8 Å². The number of nitrogens with zero attached hydrogens (tertiary/aromatic N) is 4. The van der Waals surface area contributed by atoms with E-state index in [0.717, 1.165) is 11.4 Å². The van der Waals surface area contributed by atoms with E-state index in [9.17, 15) is 9.59 Å². The Morgan fingerprint density at radius 3 is 2.52 bits per heavy atom. The standard InChI is InChI=1S/C16H20N4O3/c1-4-19(8-7-15(21)22)16(23)13-5-6-14(17-10-13)20-12(3)9-11(2)18-20/h5-6,9-10H,4,7-8H2,1-3H3,(H,21,22). The first kappa shape index (κ1) is 16.7. The molecule has 2 aromatic heterocycles. The minimum atomic E-state index is -0.922. The summed E-state index contributed by atoms with van der Waals surface area (Å²) in [6, 6.07) is 5.37. The Morgan fingerprint density at radius 2 is 2.04 bits per heavy atom. The lowest BCUT2D eigenvalue weighted by molar-refractivity contribution is -0.137. The summed E-state index contributed by atoms with van der Waals surface area (Å²) in [4.78, 5) is 28.8. The Bertz CT molecular complexity index is 707. The van der Waals surface area contributed by atoms with Crippen LogP contribution >= 0.6 is 0 Å². The van der Waals surface area contributed by atoms with Crippen LogP contribution in [0.15, 0.2) is 24.4 Å². The van der Waals surface area contributed by atoms with E-state index in [1.54, 1.807) is 16.8 Å². The molecule has 1 N–H and O–H groups in total. The number of amides is 1. The number of rotatable bonds is 6. The number of aromatic nitrogens is 3. The summed E-state index contributed by atoms with van der Waals surface area (Å²) in [6.45, 7) is 6.29. The van der Waals surface area contributed by atoms with Gasteiger partial charge >= 0.3 is 5.97 Å². The smallest absolute Gasteiger partial charge is 0.305 e. The second kappa shape index (κ2) is 7.04. The van der Waals surface area contributed by atoms with Gasteiger partial charge in [0.25, 0.3) is 5.91 Å². The first-order chi connectivity index (χ1) is 10.9. The van der Waals surface area contributed by atoms with Crippen LogP contribution in [-0.2, 0) is 4.79 Å². The van der Waals surface area contributed by atoms with Crippen LogP contribution in [0.3, 0.4) is 0 Å². The van der Waals surface area contributed by atoms with Gasteiger partial charge < -0.3 is 10.0 Å². The maximum absolute atomic E-state index is 12.4. The molecule has 0 saturated heterocycles. The minimum absolute atomic E-state index is 0.0726. The number of pyridine rings is 1. The summed E-state index contributed by atoms with van der Waals surface area (Å²) in [7, 11) is 0. The highest BCUT2D eigenvalue weighted by Crippen LogP contribution is 2.11. The van der Waals surface area contributed by atoms with Gasteiger partial charge in [0.15, 0.2) is 5.82 Å². The molecule has 0 aliphatic heterocycles. The number of carbonyl (C=O) groups is 2. The van der Waals surface area contributed by atoms with Crippen LogP contribution < -0.4 is 0 Å². The van der Waals surface area contributed by atoms with E-state index in [4.69, 9.17) is 5.11 Å². The Morgan fingerprint density at radius 1 is 1.30 bits per heavy atom. The van der Waals surface area contributed by atoms with Crippen molar-refractivity contribution < 1.29 is 14.7 Å². The van der Waals surface area contributed by atoms with Crippen LogP contribution in [0.5, 0.6) is 0 Å². The molecule has 7 nitrogen and oxygen atoms in total. The third-order valence-electron chi connectivity index (χ3n) is 3.49. The van der Waals surface area contributed by atoms with E-state index in [0.29, 0.717) is 17.9 Å². The molecule has 0 saturated carbocycles. The third-order valence-corrected chi connectivity index (χ3v) is 3.49. The lowest BCUT2D eigenvalue weighted by Crippen LogP contribution is -2.32. The van der Waals surface area contributed by atoms with E-state index in [-0.39, 0.29) is 18.9 Å². The molecular formula is C16H20N4O3. The Labute approximate surface area is 134 Å². The molecule has 2 rings (SSSR count). The second-order valence-corrected chi connectivity index (χ2v) is 5.27. The number of carboxylic acids is 1. The molecule has 7 heteroatoms. The Balaban J connectivity index is 2.16. The van der Waals surface area contributed by atoms with E-state index >= 15 is 0 Å². The highest BCUT2D eigenvalue weighted by Gasteiger charge is 2.16. The van der Waals surface area contributed by atoms with Gasteiger partial charge in [0, 0.05) is 25.0 Å². The van der Waals surface area contributed by atoms with Crippen molar-refractivity contribution in [1.82, 2.24) is 19.7 Å². The van der Waals surface area contributed by atoms with Crippen molar-refractivity contribution in [1.29, 1.82) is 0 Å². The van der Waals surface area contributed by atoms with Crippen molar-refractivity contribution in [2.45, 2.75) is 27.2 Å². The summed E-state index contributed by atoms with van der Waals surface area (Å²) >= 11 is 0. The van der Waals surface area contributed by atoms with Crippen LogP contribution in [0.1, 0.15) is 35.1 Å². The predicted molar refractivity (Wildman–Crippen MR) is 84.7 cm³/mol. The van der Waals surface area contributed by atoms with E-state index in [1.165, 1.54) is 11.1 Å². The number of aryl methyl sites for hydroxylation is 2. The van der Waals surface area contributed by atoms with E-state index in [2.05, 4.69) is 10.1 Å². The number of hydrogen-bond acceptors (Lipinski definition) is 4. The molecule has 122 valence electrons. The summed E-state index contributed by atoms with van der Waals surface area (Å²) in [5.41, 5.74) is 2.29. The lowest BCUT2D eigenvalue weighted by Gasteiger charge is -2.19. The zero-order chi connectivity index (χ0) is 17.0.